The first-order chi connectivity index (χ1) is 17.3. The number of nitrogens with two attached hydrogens (primary N) is 1. The normalized spacial score (nSPS) is 19.7. The third-order valence-electron chi connectivity index (χ3n) is 4.94. The van der Waals surface area contributed by atoms with E-state index >= 15 is 0 Å². The smallest absolute Gasteiger partial charge is 0.276 e. The van der Waals surface area contributed by atoms with E-state index in [1.807, 2.05) is 0 Å². The summed E-state index contributed by atoms with van der Waals surface area (Å²) in [5.74, 6) is -2.01. The number of thioether (sulfide) groups is 3. The van der Waals surface area contributed by atoms with Gasteiger partial charge in [-0.25, -0.2) is 4.98 Å². The van der Waals surface area contributed by atoms with Crippen molar-refractivity contribution in [3.05, 3.63) is 39.1 Å². The van der Waals surface area contributed by atoms with Gasteiger partial charge in [0.05, 0.1) is 18.2 Å². The highest BCUT2D eigenvalue weighted by Crippen LogP contribution is 2.46. The Balaban J connectivity index is 1.54. The number of hydrogen-bond acceptors (Lipinski definition) is 13. The molecular formula is C19H18ClN7O5S4. The number of quaternary nitrogens is 1. The quantitative estimate of drug-likeness (QED) is 0.0962. The Morgan fingerprint density at radius 2 is 2.22 bits per heavy atom. The number of aliphatic carboxylic acids is 1. The Morgan fingerprint density at radius 3 is 2.86 bits per heavy atom. The number of oxime groups is 1. The second kappa shape index (κ2) is 11.3. The van der Waals surface area contributed by atoms with Gasteiger partial charge in [0.2, 0.25) is 0 Å². The number of carbonyl (C=O) groups is 3. The topological polar surface area (TPSA) is 202 Å². The maximum atomic E-state index is 13.0. The number of fused-ring (bicyclic) bond motifs is 1. The molecule has 1 fully saturated rings. The monoisotopic (exact) mass is 587 g/mol. The number of β-lactam (4-membered cyclic amide) rings is 1. The van der Waals surface area contributed by atoms with Crippen molar-refractivity contribution >= 4 is 86.9 Å². The fourth-order valence-corrected chi connectivity index (χ4v) is 7.81. The number of amides is 2. The van der Waals surface area contributed by atoms with Crippen LogP contribution in [0.5, 0.6) is 0 Å². The average Bonchev–Trinajstić information content (AvgIpc) is 3.19. The van der Waals surface area contributed by atoms with E-state index in [2.05, 4.69) is 26.2 Å². The van der Waals surface area contributed by atoms with E-state index < -0.39 is 34.9 Å². The van der Waals surface area contributed by atoms with Crippen LogP contribution in [0.25, 0.3) is 0 Å². The molecule has 2 aromatic heterocycles. The summed E-state index contributed by atoms with van der Waals surface area (Å²) in [6.07, 6.45) is 3.31. The Kier molecular flexibility index (Phi) is 8.31. The van der Waals surface area contributed by atoms with Crippen LogP contribution in [0.1, 0.15) is 5.69 Å². The number of halogens is 1. The predicted octanol–water partition coefficient (Wildman–Crippen LogP) is -0.560. The van der Waals surface area contributed by atoms with Crippen LogP contribution in [-0.4, -0.2) is 73.0 Å². The van der Waals surface area contributed by atoms with E-state index in [0.29, 0.717) is 11.4 Å². The number of carboxylic acids is 1. The van der Waals surface area contributed by atoms with Gasteiger partial charge in [0.25, 0.3) is 11.8 Å². The summed E-state index contributed by atoms with van der Waals surface area (Å²) in [6, 6.07) is 0.721. The third-order valence-corrected chi connectivity index (χ3v) is 9.90. The summed E-state index contributed by atoms with van der Waals surface area (Å²) in [6.45, 7) is 0.717. The minimum Gasteiger partial charge on any atom is -0.543 e. The van der Waals surface area contributed by atoms with Crippen molar-refractivity contribution in [3.63, 3.8) is 0 Å². The molecule has 0 aromatic carbocycles. The lowest BCUT2D eigenvalue weighted by Crippen LogP contribution is -2.71. The largest absolute Gasteiger partial charge is 0.543 e. The second-order valence-electron chi connectivity index (χ2n) is 7.17. The van der Waals surface area contributed by atoms with E-state index in [1.165, 1.54) is 23.5 Å². The van der Waals surface area contributed by atoms with Crippen molar-refractivity contribution in [3.8, 4) is 0 Å². The van der Waals surface area contributed by atoms with Crippen LogP contribution in [-0.2, 0) is 14.4 Å². The summed E-state index contributed by atoms with van der Waals surface area (Å²) >= 11 is 11.0. The van der Waals surface area contributed by atoms with Crippen LogP contribution in [0.15, 0.2) is 44.0 Å². The number of aromatic nitrogens is 2. The van der Waals surface area contributed by atoms with Gasteiger partial charge >= 0.3 is 0 Å². The molecule has 2 aliphatic heterocycles. The van der Waals surface area contributed by atoms with Crippen molar-refractivity contribution < 1.29 is 30.4 Å². The minimum atomic E-state index is -1.50. The zero-order valence-corrected chi connectivity index (χ0v) is 22.2. The van der Waals surface area contributed by atoms with Gasteiger partial charge < -0.3 is 31.9 Å². The summed E-state index contributed by atoms with van der Waals surface area (Å²) in [4.78, 5) is 49.0. The van der Waals surface area contributed by atoms with Crippen LogP contribution in [0.2, 0.25) is 4.34 Å². The molecule has 1 saturated heterocycles. The summed E-state index contributed by atoms with van der Waals surface area (Å²) in [5, 5.41) is 26.2. The number of anilines is 1. The van der Waals surface area contributed by atoms with Gasteiger partial charge in [0.1, 0.15) is 21.4 Å². The highest BCUT2D eigenvalue weighted by molar-refractivity contribution is 8.07. The van der Waals surface area contributed by atoms with E-state index in [1.54, 1.807) is 30.2 Å². The van der Waals surface area contributed by atoms with Crippen LogP contribution in [0, 0.1) is 0 Å². The number of nitrogens with zero attached hydrogens (tertiary/aromatic N) is 4. The van der Waals surface area contributed by atoms with E-state index in [4.69, 9.17) is 17.3 Å². The van der Waals surface area contributed by atoms with Gasteiger partial charge in [-0.2, -0.15) is 0 Å². The Labute approximate surface area is 225 Å². The molecule has 7 N–H and O–H groups in total. The van der Waals surface area contributed by atoms with Crippen LogP contribution < -0.4 is 21.9 Å². The molecule has 12 nitrogen and oxygen atoms in total. The van der Waals surface area contributed by atoms with Gasteiger partial charge in [0.15, 0.2) is 10.8 Å². The first-order valence-electron chi connectivity index (χ1n) is 10.1. The highest BCUT2D eigenvalue weighted by Gasteiger charge is 2.53. The number of carboxylic acid groups (broad SMARTS) is 1. The van der Waals surface area contributed by atoms with Crippen LogP contribution in [0.4, 0.5) is 5.13 Å². The molecule has 2 atom stereocenters. The molecule has 0 saturated carbocycles. The van der Waals surface area contributed by atoms with Crippen molar-refractivity contribution in [1.82, 2.24) is 20.2 Å². The van der Waals surface area contributed by atoms with Crippen LogP contribution >= 0.6 is 58.2 Å². The zero-order chi connectivity index (χ0) is 26.0. The lowest BCUT2D eigenvalue weighted by molar-refractivity contribution is -0.360. The van der Waals surface area contributed by atoms with Gasteiger partial charge in [-0.3, -0.25) is 19.5 Å². The van der Waals surface area contributed by atoms with Crippen molar-refractivity contribution in [2.45, 2.75) is 21.2 Å². The summed E-state index contributed by atoms with van der Waals surface area (Å²) in [7, 11) is 0. The average molecular weight is 588 g/mol. The number of rotatable bonds is 9. The maximum absolute atomic E-state index is 13.0. The molecular weight excluding hydrogens is 570 g/mol. The first kappa shape index (κ1) is 26.6. The Hall–Kier alpha value is -2.50. The van der Waals surface area contributed by atoms with Gasteiger partial charge in [-0.1, -0.05) is 39.9 Å². The number of thiazole rings is 1. The van der Waals surface area contributed by atoms with Crippen molar-refractivity contribution in [2.75, 3.05) is 23.8 Å². The number of nitrogens with one attached hydrogen (secondary N) is 1. The zero-order valence-electron chi connectivity index (χ0n) is 18.2. The molecule has 2 aliphatic rings. The summed E-state index contributed by atoms with van der Waals surface area (Å²) in [5.41, 5.74) is 8.52. The number of hydrogen-bond donors (Lipinski definition) is 4. The molecule has 36 heavy (non-hydrogen) atoms. The lowest BCUT2D eigenvalue weighted by atomic mass is 10.0. The molecule has 0 bridgehead atoms. The molecule has 2 aromatic rings. The van der Waals surface area contributed by atoms with Crippen molar-refractivity contribution in [2.24, 2.45) is 5.16 Å². The molecule has 17 heteroatoms. The number of pyridine rings is 1. The van der Waals surface area contributed by atoms with Gasteiger partial charge in [0, 0.05) is 38.6 Å². The fourth-order valence-electron chi connectivity index (χ4n) is 3.41. The molecule has 0 aliphatic carbocycles. The molecule has 0 radical (unpaired) electrons. The number of nitrogen functional groups attached to an aromatic ring is 1. The summed E-state index contributed by atoms with van der Waals surface area (Å²) < 4.78 is 0.0386. The van der Waals surface area contributed by atoms with E-state index in [-0.39, 0.29) is 26.6 Å². The fraction of sp³-hybridized carbons (Fsp3) is 0.263. The molecule has 0 unspecified atom stereocenters. The number of carbonyl (C=O) groups excluding carboxylic acids is 3. The molecule has 4 heterocycles. The minimum absolute atomic E-state index is 0.0386. The molecule has 0 spiro atoms. The maximum Gasteiger partial charge on any atom is 0.276 e. The first-order valence-corrected chi connectivity index (χ1v) is 14.2. The third kappa shape index (κ3) is 5.14. The van der Waals surface area contributed by atoms with E-state index in [9.17, 15) is 24.7 Å². The lowest BCUT2D eigenvalue weighted by Gasteiger charge is -2.50. The van der Waals surface area contributed by atoms with Gasteiger partial charge in [-0.05, 0) is 6.07 Å². The highest BCUT2D eigenvalue weighted by atomic mass is 35.5. The predicted molar refractivity (Wildman–Crippen MR) is 135 cm³/mol. The van der Waals surface area contributed by atoms with Crippen LogP contribution in [0.3, 0.4) is 0 Å². The SMILES string of the molecule is Nc1nc(/C(=N/O)C(=O)N[C@@H]2C(=O)N3C(C(=O)[O-])=C(Sc4ccncc4SCC[NH3+])CS[C@H]23)c(Cl)s1. The standard InChI is InChI=1S/C19H18ClN7O5S4/c20-14-10(25-19(22)36-14)11(26-32)15(28)24-12-16(29)27-13(18(30)31)9(6-34-17(12)27)35-7-1-3-23-5-8(7)33-4-2-21/h1,3,5,12,17,32H,2,4,6,21H2,(H2,22,25)(H,24,28)(H,30,31)/b26-11-/t12-,17-/m1/s1. The van der Waals surface area contributed by atoms with Crippen molar-refractivity contribution in [1.29, 1.82) is 0 Å². The van der Waals surface area contributed by atoms with Gasteiger partial charge in [-0.15, -0.1) is 23.5 Å². The molecule has 4 rings (SSSR count). The second-order valence-corrected chi connectivity index (χ2v) is 12.2. The Bertz CT molecular complexity index is 1290. The molecule has 190 valence electrons. The molecule has 2 amide bonds. The Morgan fingerprint density at radius 1 is 1.44 bits per heavy atom. The van der Waals surface area contributed by atoms with E-state index in [0.717, 1.165) is 31.8 Å².